The average Bonchev–Trinajstić information content (AvgIpc) is 3.33. The van der Waals surface area contributed by atoms with Crippen molar-refractivity contribution in [3.8, 4) is 28.4 Å². The summed E-state index contributed by atoms with van der Waals surface area (Å²) in [5, 5.41) is 10.7. The lowest BCUT2D eigenvalue weighted by molar-refractivity contribution is -0.169. The number of carbonyl (C=O) groups excluding carboxylic acids is 1. The second-order valence-corrected chi connectivity index (χ2v) is 8.86. The van der Waals surface area contributed by atoms with E-state index in [2.05, 4.69) is 12.1 Å². The normalized spacial score (nSPS) is 12.2. The summed E-state index contributed by atoms with van der Waals surface area (Å²) >= 11 is 0. The van der Waals surface area contributed by atoms with Crippen molar-refractivity contribution >= 4 is 12.4 Å². The molecule has 4 aromatic rings. The Balaban J connectivity index is 0.000000188. The van der Waals surface area contributed by atoms with Gasteiger partial charge in [-0.2, -0.15) is 0 Å². The van der Waals surface area contributed by atoms with Gasteiger partial charge in [-0.25, -0.2) is 9.86 Å². The van der Waals surface area contributed by atoms with E-state index in [1.54, 1.807) is 49.6 Å². The van der Waals surface area contributed by atoms with E-state index in [4.69, 9.17) is 19.0 Å². The van der Waals surface area contributed by atoms with Gasteiger partial charge in [0.25, 0.3) is 0 Å². The number of ether oxygens (including phenoxy) is 3. The number of carbonyl (C=O) groups is 2. The Kier molecular flexibility index (Phi) is 9.38. The molecule has 0 fully saturated rings. The summed E-state index contributed by atoms with van der Waals surface area (Å²) in [7, 11) is 4.61. The molecule has 0 bridgehead atoms. The fourth-order valence-electron chi connectivity index (χ4n) is 4.68. The van der Waals surface area contributed by atoms with Crippen molar-refractivity contribution in [2.45, 2.75) is 18.6 Å². The molecule has 1 amide bonds. The maximum Gasteiger partial charge on any atom is 0.345 e. The molecule has 1 atom stereocenters. The third-order valence-electron chi connectivity index (χ3n) is 6.57. The number of nitrogens with zero attached hydrogens (tertiary/aromatic N) is 1. The van der Waals surface area contributed by atoms with E-state index in [0.29, 0.717) is 17.2 Å². The van der Waals surface area contributed by atoms with Crippen LogP contribution in [0, 0.1) is 0 Å². The summed E-state index contributed by atoms with van der Waals surface area (Å²) in [5.41, 5.74) is 5.29. The molecule has 0 saturated carbocycles. The minimum atomic E-state index is -1.03. The van der Waals surface area contributed by atoms with E-state index in [1.165, 1.54) is 30.4 Å². The molecule has 0 radical (unpaired) electrons. The fourth-order valence-corrected chi connectivity index (χ4v) is 4.68. The highest BCUT2D eigenvalue weighted by Gasteiger charge is 2.32. The van der Waals surface area contributed by atoms with Crippen LogP contribution < -0.4 is 14.2 Å². The maximum atomic E-state index is 11.4. The van der Waals surface area contributed by atoms with E-state index in [-0.39, 0.29) is 12.5 Å². The van der Waals surface area contributed by atoms with Crippen molar-refractivity contribution < 1.29 is 33.7 Å². The molecule has 8 heteroatoms. The van der Waals surface area contributed by atoms with Gasteiger partial charge in [0.2, 0.25) is 6.41 Å². The summed E-state index contributed by atoms with van der Waals surface area (Å²) in [6.07, 6.45) is -0.0781. The zero-order valence-corrected chi connectivity index (χ0v) is 22.5. The smallest absolute Gasteiger partial charge is 0.345 e. The van der Waals surface area contributed by atoms with Crippen molar-refractivity contribution in [1.82, 2.24) is 5.06 Å². The minimum absolute atomic E-state index is 0.153. The lowest BCUT2D eigenvalue weighted by Crippen LogP contribution is -2.29. The lowest BCUT2D eigenvalue weighted by atomic mass is 10.1. The van der Waals surface area contributed by atoms with Gasteiger partial charge in [0.1, 0.15) is 23.3 Å². The van der Waals surface area contributed by atoms with Crippen LogP contribution in [-0.2, 0) is 20.8 Å². The largest absolute Gasteiger partial charge is 0.497 e. The van der Waals surface area contributed by atoms with E-state index >= 15 is 0 Å². The Morgan fingerprint density at radius 3 is 1.95 bits per heavy atom. The maximum absolute atomic E-state index is 11.4. The quantitative estimate of drug-likeness (QED) is 0.208. The first-order valence-corrected chi connectivity index (χ1v) is 12.6. The van der Waals surface area contributed by atoms with Crippen LogP contribution >= 0.6 is 0 Å². The van der Waals surface area contributed by atoms with Gasteiger partial charge in [-0.05, 0) is 46.0 Å². The van der Waals surface area contributed by atoms with Crippen molar-refractivity contribution in [2.24, 2.45) is 0 Å². The van der Waals surface area contributed by atoms with Gasteiger partial charge in [-0.1, -0.05) is 72.8 Å². The monoisotopic (exact) mass is 541 g/mol. The predicted octanol–water partition coefficient (Wildman–Crippen LogP) is 5.55. The molecule has 0 aliphatic heterocycles. The molecule has 0 heterocycles. The lowest BCUT2D eigenvalue weighted by Gasteiger charge is -2.23. The van der Waals surface area contributed by atoms with Crippen LogP contribution in [0.15, 0.2) is 97.1 Å². The number of fused-ring (bicyclic) bond motifs is 3. The minimum Gasteiger partial charge on any atom is -0.497 e. The Hall–Kier alpha value is -4.82. The molecule has 1 aliphatic rings. The third kappa shape index (κ3) is 6.24. The number of aliphatic carboxylic acids is 1. The van der Waals surface area contributed by atoms with Crippen LogP contribution in [0.2, 0.25) is 0 Å². The third-order valence-corrected chi connectivity index (χ3v) is 6.57. The zero-order valence-electron chi connectivity index (χ0n) is 22.5. The van der Waals surface area contributed by atoms with Gasteiger partial charge in [-0.15, -0.1) is 0 Å². The van der Waals surface area contributed by atoms with E-state index in [0.717, 1.165) is 23.1 Å². The summed E-state index contributed by atoms with van der Waals surface area (Å²) in [4.78, 5) is 27.7. The number of carboxylic acids is 1. The Labute approximate surface area is 233 Å². The Morgan fingerprint density at radius 1 is 0.825 bits per heavy atom. The standard InChI is InChI=1S/C17H18O5.C15H13NO2/c1-20-14-9-8-12(15(11-14)21-2)10-16(17(18)19)22-13-6-4-3-5-7-13;1-18-16(10-17)15-13-8-4-2-6-11(13)12-7-3-5-9-14(12)15/h3-9,11,16H,10H2,1-2H3,(H,18,19);2-10,15H,1H3. The van der Waals surface area contributed by atoms with E-state index in [1.807, 2.05) is 42.5 Å². The number of hydroxylamine groups is 2. The van der Waals surface area contributed by atoms with E-state index in [9.17, 15) is 14.7 Å². The number of hydrogen-bond acceptors (Lipinski definition) is 6. The molecule has 0 aromatic heterocycles. The zero-order chi connectivity index (χ0) is 28.5. The molecular formula is C32H31NO7. The highest BCUT2D eigenvalue weighted by molar-refractivity contribution is 5.79. The van der Waals surface area contributed by atoms with Gasteiger partial charge in [0.15, 0.2) is 6.10 Å². The van der Waals surface area contributed by atoms with Gasteiger partial charge >= 0.3 is 5.97 Å². The molecule has 1 aliphatic carbocycles. The van der Waals surface area contributed by atoms with Crippen molar-refractivity contribution in [1.29, 1.82) is 0 Å². The second-order valence-electron chi connectivity index (χ2n) is 8.86. The van der Waals surface area contributed by atoms with Crippen LogP contribution in [0.1, 0.15) is 22.7 Å². The number of rotatable bonds is 10. The van der Waals surface area contributed by atoms with Crippen LogP contribution in [0.25, 0.3) is 11.1 Å². The molecule has 5 rings (SSSR count). The van der Waals surface area contributed by atoms with Crippen LogP contribution in [0.3, 0.4) is 0 Å². The summed E-state index contributed by atoms with van der Waals surface area (Å²) in [6, 6.07) is 30.2. The first-order chi connectivity index (χ1) is 19.5. The molecule has 8 nitrogen and oxygen atoms in total. The number of amides is 1. The Morgan fingerprint density at radius 2 is 1.43 bits per heavy atom. The van der Waals surface area contributed by atoms with Crippen molar-refractivity contribution in [2.75, 3.05) is 21.3 Å². The van der Waals surface area contributed by atoms with Gasteiger partial charge < -0.3 is 19.3 Å². The average molecular weight is 542 g/mol. The molecule has 1 N–H and O–H groups in total. The summed E-state index contributed by atoms with van der Waals surface area (Å²) in [5.74, 6) is 0.711. The molecule has 0 spiro atoms. The predicted molar refractivity (Wildman–Crippen MR) is 150 cm³/mol. The second kappa shape index (κ2) is 13.3. The molecule has 206 valence electrons. The first kappa shape index (κ1) is 28.2. The summed E-state index contributed by atoms with van der Waals surface area (Å²) < 4.78 is 16.0. The molecule has 1 unspecified atom stereocenters. The van der Waals surface area contributed by atoms with Crippen molar-refractivity contribution in [3.05, 3.63) is 114 Å². The molecule has 4 aromatic carbocycles. The van der Waals surface area contributed by atoms with E-state index < -0.39 is 12.1 Å². The number of benzene rings is 4. The number of carboxylic acid groups (broad SMARTS) is 1. The van der Waals surface area contributed by atoms with Gasteiger partial charge in [0.05, 0.1) is 21.3 Å². The number of hydrogen-bond donors (Lipinski definition) is 1. The van der Waals surface area contributed by atoms with Gasteiger partial charge in [-0.3, -0.25) is 9.63 Å². The highest BCUT2D eigenvalue weighted by atomic mass is 16.7. The van der Waals surface area contributed by atoms with Gasteiger partial charge in [0, 0.05) is 12.5 Å². The number of methoxy groups -OCH3 is 2. The molecule has 0 saturated heterocycles. The first-order valence-electron chi connectivity index (χ1n) is 12.6. The number of para-hydroxylation sites is 1. The molecular weight excluding hydrogens is 510 g/mol. The molecule has 40 heavy (non-hydrogen) atoms. The Bertz CT molecular complexity index is 1390. The summed E-state index contributed by atoms with van der Waals surface area (Å²) in [6.45, 7) is 0. The SMILES string of the molecule is CON(C=O)C1c2ccccc2-c2ccccc21.COc1ccc(CC(Oc2ccccc2)C(=O)O)c(OC)c1. The topological polar surface area (TPSA) is 94.5 Å². The van der Waals surface area contributed by atoms with Crippen molar-refractivity contribution in [3.63, 3.8) is 0 Å². The van der Waals surface area contributed by atoms with Crippen LogP contribution in [0.4, 0.5) is 0 Å². The van der Waals surface area contributed by atoms with Crippen LogP contribution in [0.5, 0.6) is 17.2 Å². The fraction of sp³-hybridized carbons (Fsp3) is 0.188. The highest BCUT2D eigenvalue weighted by Crippen LogP contribution is 2.45. The van der Waals surface area contributed by atoms with Crippen LogP contribution in [-0.4, -0.2) is 50.0 Å².